The molecule has 0 atom stereocenters. The third kappa shape index (κ3) is 4.49. The number of amides is 1. The van der Waals surface area contributed by atoms with Crippen molar-refractivity contribution in [3.63, 3.8) is 0 Å². The van der Waals surface area contributed by atoms with E-state index in [9.17, 15) is 4.79 Å². The maximum Gasteiger partial charge on any atom is 0.278 e. The minimum Gasteiger partial charge on any atom is -0.317 e. The summed E-state index contributed by atoms with van der Waals surface area (Å²) in [6.45, 7) is 5.92. The van der Waals surface area contributed by atoms with Gasteiger partial charge < -0.3 is 5.32 Å². The number of nitrogens with one attached hydrogen (secondary N) is 2. The average Bonchev–Trinajstić information content (AvgIpc) is 3.26. The van der Waals surface area contributed by atoms with Gasteiger partial charge in [0.05, 0.1) is 5.69 Å². The highest BCUT2D eigenvalue weighted by Crippen LogP contribution is 2.23. The summed E-state index contributed by atoms with van der Waals surface area (Å²) in [5.41, 5.74) is 3.35. The number of piperidine rings is 1. The van der Waals surface area contributed by atoms with Gasteiger partial charge in [0.2, 0.25) is 5.95 Å². The van der Waals surface area contributed by atoms with Crippen molar-refractivity contribution in [3.05, 3.63) is 53.1 Å². The van der Waals surface area contributed by atoms with Crippen LogP contribution >= 0.6 is 12.4 Å². The van der Waals surface area contributed by atoms with E-state index >= 15 is 0 Å². The lowest BCUT2D eigenvalue weighted by Gasteiger charge is -2.19. The second-order valence-corrected chi connectivity index (χ2v) is 7.31. The summed E-state index contributed by atoms with van der Waals surface area (Å²) in [7, 11) is 1.79. The van der Waals surface area contributed by atoms with Gasteiger partial charge in [-0.1, -0.05) is 17.7 Å². The predicted molar refractivity (Wildman–Crippen MR) is 114 cm³/mol. The molecule has 1 aliphatic rings. The molecule has 1 aromatic carbocycles. The number of carbonyl (C=O) groups is 1. The summed E-state index contributed by atoms with van der Waals surface area (Å²) in [5.74, 6) is 1.28. The number of benzene rings is 1. The number of anilines is 1. The number of nitrogens with zero attached hydrogens (tertiary/aromatic N) is 5. The Balaban J connectivity index is 0.00000240. The van der Waals surface area contributed by atoms with Crippen LogP contribution in [-0.2, 0) is 7.05 Å². The van der Waals surface area contributed by atoms with Gasteiger partial charge in [0.15, 0.2) is 11.5 Å². The van der Waals surface area contributed by atoms with Gasteiger partial charge in [-0.3, -0.25) is 10.1 Å². The fourth-order valence-corrected chi connectivity index (χ4v) is 3.46. The summed E-state index contributed by atoms with van der Waals surface area (Å²) >= 11 is 0. The summed E-state index contributed by atoms with van der Waals surface area (Å²) in [4.78, 5) is 17.3. The zero-order valence-corrected chi connectivity index (χ0v) is 17.7. The predicted octanol–water partition coefficient (Wildman–Crippen LogP) is 2.76. The van der Waals surface area contributed by atoms with Crippen LogP contribution in [0.3, 0.4) is 0 Å². The van der Waals surface area contributed by atoms with Crippen LogP contribution in [0.25, 0.3) is 5.69 Å². The van der Waals surface area contributed by atoms with E-state index in [0.717, 1.165) is 43.1 Å². The van der Waals surface area contributed by atoms with E-state index in [1.165, 1.54) is 5.56 Å². The number of hydrogen-bond donors (Lipinski definition) is 2. The van der Waals surface area contributed by atoms with Crippen LogP contribution < -0.4 is 10.6 Å². The van der Waals surface area contributed by atoms with Crippen LogP contribution in [0.5, 0.6) is 0 Å². The number of halogens is 1. The molecule has 0 saturated carbocycles. The Morgan fingerprint density at radius 2 is 1.83 bits per heavy atom. The van der Waals surface area contributed by atoms with E-state index in [4.69, 9.17) is 0 Å². The third-order valence-electron chi connectivity index (χ3n) is 5.11. The first kappa shape index (κ1) is 21.0. The molecule has 2 aromatic heterocycles. The van der Waals surface area contributed by atoms with Crippen molar-refractivity contribution < 1.29 is 4.79 Å². The van der Waals surface area contributed by atoms with Crippen molar-refractivity contribution in [2.75, 3.05) is 18.4 Å². The molecule has 1 amide bonds. The highest BCUT2D eigenvalue weighted by molar-refractivity contribution is 6.02. The maximum atomic E-state index is 12.7. The largest absolute Gasteiger partial charge is 0.317 e. The minimum absolute atomic E-state index is 0. The Bertz CT molecular complexity index is 987. The van der Waals surface area contributed by atoms with E-state index < -0.39 is 0 Å². The monoisotopic (exact) mass is 415 g/mol. The molecule has 0 bridgehead atoms. The van der Waals surface area contributed by atoms with Crippen molar-refractivity contribution >= 4 is 24.3 Å². The van der Waals surface area contributed by atoms with Crippen molar-refractivity contribution in [1.82, 2.24) is 29.9 Å². The SMILES string of the molecule is Cc1ccc(-n2nc(C(=O)Nc3nc(C4CCNCC4)nn3C)cc2C)cc1.Cl. The molecule has 0 unspecified atom stereocenters. The van der Waals surface area contributed by atoms with Gasteiger partial charge in [-0.2, -0.15) is 15.2 Å². The summed E-state index contributed by atoms with van der Waals surface area (Å²) in [6, 6.07) is 9.81. The molecule has 154 valence electrons. The van der Waals surface area contributed by atoms with Crippen LogP contribution in [0.1, 0.15) is 46.3 Å². The molecular weight excluding hydrogens is 390 g/mol. The quantitative estimate of drug-likeness (QED) is 0.683. The molecule has 0 spiro atoms. The fraction of sp³-hybridized carbons (Fsp3) is 0.400. The Hall–Kier alpha value is -2.71. The first-order valence-electron chi connectivity index (χ1n) is 9.58. The number of carbonyl (C=O) groups excluding carboxylic acids is 1. The first-order chi connectivity index (χ1) is 13.5. The van der Waals surface area contributed by atoms with Gasteiger partial charge in [-0.25, -0.2) is 9.36 Å². The summed E-state index contributed by atoms with van der Waals surface area (Å²) in [5, 5.41) is 15.2. The van der Waals surface area contributed by atoms with E-state index in [1.54, 1.807) is 22.5 Å². The van der Waals surface area contributed by atoms with Gasteiger partial charge in [0, 0.05) is 18.7 Å². The van der Waals surface area contributed by atoms with E-state index in [1.807, 2.05) is 38.1 Å². The van der Waals surface area contributed by atoms with Gasteiger partial charge in [-0.15, -0.1) is 12.4 Å². The van der Waals surface area contributed by atoms with E-state index in [2.05, 4.69) is 25.8 Å². The minimum atomic E-state index is -0.290. The molecule has 0 aliphatic carbocycles. The Labute approximate surface area is 176 Å². The second kappa shape index (κ2) is 8.75. The van der Waals surface area contributed by atoms with E-state index in [0.29, 0.717) is 17.6 Å². The number of hydrogen-bond acceptors (Lipinski definition) is 5. The lowest BCUT2D eigenvalue weighted by Crippen LogP contribution is -2.27. The molecule has 2 N–H and O–H groups in total. The van der Waals surface area contributed by atoms with Crippen LogP contribution in [0, 0.1) is 13.8 Å². The maximum absolute atomic E-state index is 12.7. The van der Waals surface area contributed by atoms with Crippen LogP contribution in [0.4, 0.5) is 5.95 Å². The molecule has 8 nitrogen and oxygen atoms in total. The Morgan fingerprint density at radius 3 is 2.52 bits per heavy atom. The lowest BCUT2D eigenvalue weighted by molar-refractivity contribution is 0.102. The highest BCUT2D eigenvalue weighted by atomic mass is 35.5. The normalized spacial score (nSPS) is 14.4. The van der Waals surface area contributed by atoms with Crippen molar-refractivity contribution in [2.24, 2.45) is 7.05 Å². The molecule has 3 aromatic rings. The first-order valence-corrected chi connectivity index (χ1v) is 9.58. The summed E-state index contributed by atoms with van der Waals surface area (Å²) in [6.07, 6.45) is 2.02. The van der Waals surface area contributed by atoms with Crippen LogP contribution in [0.15, 0.2) is 30.3 Å². The number of rotatable bonds is 4. The molecular formula is C20H26ClN7O. The van der Waals surface area contributed by atoms with Crippen LogP contribution in [-0.4, -0.2) is 43.5 Å². The van der Waals surface area contributed by atoms with Gasteiger partial charge in [0.25, 0.3) is 5.91 Å². The van der Waals surface area contributed by atoms with Gasteiger partial charge >= 0.3 is 0 Å². The zero-order valence-electron chi connectivity index (χ0n) is 16.8. The van der Waals surface area contributed by atoms with Crippen molar-refractivity contribution in [3.8, 4) is 5.69 Å². The van der Waals surface area contributed by atoms with Crippen molar-refractivity contribution in [2.45, 2.75) is 32.6 Å². The molecule has 9 heteroatoms. The number of aromatic nitrogens is 5. The number of aryl methyl sites for hydroxylation is 3. The topological polar surface area (TPSA) is 89.7 Å². The molecule has 0 radical (unpaired) electrons. The van der Waals surface area contributed by atoms with Crippen LogP contribution in [0.2, 0.25) is 0 Å². The average molecular weight is 416 g/mol. The van der Waals surface area contributed by atoms with Gasteiger partial charge in [-0.05, 0) is 58.0 Å². The summed E-state index contributed by atoms with van der Waals surface area (Å²) < 4.78 is 3.39. The fourth-order valence-electron chi connectivity index (χ4n) is 3.46. The standard InChI is InChI=1S/C20H25N7O.ClH/c1-13-4-6-16(7-5-13)27-14(2)12-17(24-27)19(28)23-20-22-18(25-26(20)3)15-8-10-21-11-9-15;/h4-7,12,15,21H,8-11H2,1-3H3,(H,22,23,25,28);1H. The lowest BCUT2D eigenvalue weighted by atomic mass is 9.98. The smallest absolute Gasteiger partial charge is 0.278 e. The Kier molecular flexibility index (Phi) is 6.34. The van der Waals surface area contributed by atoms with Gasteiger partial charge in [0.1, 0.15) is 0 Å². The molecule has 1 fully saturated rings. The molecule has 4 rings (SSSR count). The van der Waals surface area contributed by atoms with Crippen molar-refractivity contribution in [1.29, 1.82) is 0 Å². The zero-order chi connectivity index (χ0) is 19.7. The highest BCUT2D eigenvalue weighted by Gasteiger charge is 2.22. The molecule has 29 heavy (non-hydrogen) atoms. The van der Waals surface area contributed by atoms with E-state index in [-0.39, 0.29) is 18.3 Å². The molecule has 3 heterocycles. The molecule has 1 saturated heterocycles. The second-order valence-electron chi connectivity index (χ2n) is 7.31. The Morgan fingerprint density at radius 1 is 1.14 bits per heavy atom. The third-order valence-corrected chi connectivity index (χ3v) is 5.11. The molecule has 1 aliphatic heterocycles.